The third kappa shape index (κ3) is 4.76. The summed E-state index contributed by atoms with van der Waals surface area (Å²) in [4.78, 5) is 41.2. The number of carbonyl (C=O) groups is 1. The fourth-order valence-corrected chi connectivity index (χ4v) is 4.53. The second kappa shape index (κ2) is 9.79. The first-order valence-corrected chi connectivity index (χ1v) is 11.5. The standard InChI is InChI=1S/C25H19N5O4S/c1-15-6-5-7-16(2)23(15)29-24(32)19-8-3-4-9-21(19)28-25(29)35-14-22(31)27-20-11-10-18(30(33)34)12-17(20)13-26/h3-12H,14H2,1-2H3,(H,27,31). The summed E-state index contributed by atoms with van der Waals surface area (Å²) in [5.74, 6) is -0.548. The summed E-state index contributed by atoms with van der Waals surface area (Å²) < 4.78 is 1.53. The molecule has 1 aromatic heterocycles. The van der Waals surface area contributed by atoms with Crippen LogP contribution in [0.2, 0.25) is 0 Å². The number of rotatable bonds is 6. The van der Waals surface area contributed by atoms with Gasteiger partial charge in [0.2, 0.25) is 5.91 Å². The van der Waals surface area contributed by atoms with Crippen molar-refractivity contribution < 1.29 is 9.72 Å². The molecule has 10 heteroatoms. The molecule has 0 aliphatic heterocycles. The van der Waals surface area contributed by atoms with Gasteiger partial charge >= 0.3 is 0 Å². The number of nitro benzene ring substituents is 1. The van der Waals surface area contributed by atoms with E-state index in [0.29, 0.717) is 21.7 Å². The monoisotopic (exact) mass is 485 g/mol. The van der Waals surface area contributed by atoms with Gasteiger partial charge in [0, 0.05) is 12.1 Å². The van der Waals surface area contributed by atoms with Crippen LogP contribution in [0.4, 0.5) is 11.4 Å². The number of nitro groups is 1. The maximum absolute atomic E-state index is 13.5. The number of aryl methyl sites for hydroxylation is 2. The number of para-hydroxylation sites is 2. The Morgan fingerprint density at radius 2 is 1.86 bits per heavy atom. The van der Waals surface area contributed by atoms with Gasteiger partial charge in [-0.2, -0.15) is 5.26 Å². The third-order valence-corrected chi connectivity index (χ3v) is 6.29. The lowest BCUT2D eigenvalue weighted by atomic mass is 10.1. The lowest BCUT2D eigenvalue weighted by molar-refractivity contribution is -0.384. The number of benzene rings is 3. The highest BCUT2D eigenvalue weighted by atomic mass is 32.2. The normalized spacial score (nSPS) is 10.7. The summed E-state index contributed by atoms with van der Waals surface area (Å²) in [5, 5.41) is 23.7. The number of fused-ring (bicyclic) bond motifs is 1. The van der Waals surface area contributed by atoms with Gasteiger partial charge in [0.1, 0.15) is 6.07 Å². The van der Waals surface area contributed by atoms with Crippen molar-refractivity contribution >= 4 is 39.9 Å². The van der Waals surface area contributed by atoms with E-state index in [9.17, 15) is 25.0 Å². The molecule has 1 N–H and O–H groups in total. The van der Waals surface area contributed by atoms with Gasteiger partial charge in [0.15, 0.2) is 5.16 Å². The number of anilines is 1. The van der Waals surface area contributed by atoms with Crippen molar-refractivity contribution in [3.05, 3.63) is 97.8 Å². The van der Waals surface area contributed by atoms with E-state index in [-0.39, 0.29) is 28.3 Å². The molecule has 35 heavy (non-hydrogen) atoms. The smallest absolute Gasteiger partial charge is 0.270 e. The second-order valence-corrected chi connectivity index (χ2v) is 8.67. The van der Waals surface area contributed by atoms with Gasteiger partial charge in [0.05, 0.1) is 38.5 Å². The summed E-state index contributed by atoms with van der Waals surface area (Å²) in [6, 6.07) is 18.2. The van der Waals surface area contributed by atoms with Crippen LogP contribution in [0.5, 0.6) is 0 Å². The largest absolute Gasteiger partial charge is 0.324 e. The van der Waals surface area contributed by atoms with Crippen LogP contribution in [-0.2, 0) is 4.79 Å². The van der Waals surface area contributed by atoms with Crippen LogP contribution in [0.3, 0.4) is 0 Å². The zero-order valence-corrected chi connectivity index (χ0v) is 19.6. The van der Waals surface area contributed by atoms with Gasteiger partial charge in [-0.3, -0.25) is 24.3 Å². The number of nitrogens with one attached hydrogen (secondary N) is 1. The highest BCUT2D eigenvalue weighted by Crippen LogP contribution is 2.26. The minimum Gasteiger partial charge on any atom is -0.324 e. The molecule has 0 atom stereocenters. The highest BCUT2D eigenvalue weighted by Gasteiger charge is 2.18. The molecular weight excluding hydrogens is 466 g/mol. The number of non-ortho nitro benzene ring substituents is 1. The molecule has 0 aliphatic rings. The number of thioether (sulfide) groups is 1. The molecule has 0 aliphatic carbocycles. The Kier molecular flexibility index (Phi) is 6.62. The first kappa shape index (κ1) is 23.7. The van der Waals surface area contributed by atoms with Crippen LogP contribution in [0.25, 0.3) is 16.6 Å². The van der Waals surface area contributed by atoms with Gasteiger partial charge in [-0.25, -0.2) is 4.98 Å². The van der Waals surface area contributed by atoms with E-state index >= 15 is 0 Å². The van der Waals surface area contributed by atoms with Crippen LogP contribution in [0, 0.1) is 35.3 Å². The molecule has 0 fully saturated rings. The Labute approximate surface area is 204 Å². The molecule has 1 heterocycles. The second-order valence-electron chi connectivity index (χ2n) is 7.73. The number of amides is 1. The Morgan fingerprint density at radius 1 is 1.14 bits per heavy atom. The maximum Gasteiger partial charge on any atom is 0.270 e. The van der Waals surface area contributed by atoms with Crippen LogP contribution in [0.15, 0.2) is 70.6 Å². The van der Waals surface area contributed by atoms with Crippen LogP contribution >= 0.6 is 11.8 Å². The zero-order valence-electron chi connectivity index (χ0n) is 18.8. The summed E-state index contributed by atoms with van der Waals surface area (Å²) in [6.07, 6.45) is 0. The first-order valence-electron chi connectivity index (χ1n) is 10.5. The third-order valence-electron chi connectivity index (χ3n) is 5.35. The quantitative estimate of drug-likeness (QED) is 0.184. The molecule has 0 saturated carbocycles. The first-order chi connectivity index (χ1) is 16.8. The van der Waals surface area contributed by atoms with E-state index in [2.05, 4.69) is 10.3 Å². The lowest BCUT2D eigenvalue weighted by Gasteiger charge is -2.17. The van der Waals surface area contributed by atoms with E-state index in [1.807, 2.05) is 38.1 Å². The minimum atomic E-state index is -0.611. The Bertz CT molecular complexity index is 1570. The maximum atomic E-state index is 13.5. The highest BCUT2D eigenvalue weighted by molar-refractivity contribution is 7.99. The molecule has 0 saturated heterocycles. The molecule has 4 aromatic rings. The van der Waals surface area contributed by atoms with Gasteiger partial charge in [-0.05, 0) is 43.2 Å². The number of carbonyl (C=O) groups excluding carboxylic acids is 1. The van der Waals surface area contributed by atoms with E-state index in [4.69, 9.17) is 0 Å². The van der Waals surface area contributed by atoms with Gasteiger partial charge in [0.25, 0.3) is 11.2 Å². The molecule has 4 rings (SSSR count). The molecule has 9 nitrogen and oxygen atoms in total. The van der Waals surface area contributed by atoms with Crippen LogP contribution in [-0.4, -0.2) is 26.1 Å². The van der Waals surface area contributed by atoms with Crippen LogP contribution in [0.1, 0.15) is 16.7 Å². The molecule has 0 spiro atoms. The topological polar surface area (TPSA) is 131 Å². The summed E-state index contributed by atoms with van der Waals surface area (Å²) in [7, 11) is 0. The van der Waals surface area contributed by atoms with E-state index in [0.717, 1.165) is 29.0 Å². The van der Waals surface area contributed by atoms with Crippen molar-refractivity contribution in [2.45, 2.75) is 19.0 Å². The van der Waals surface area contributed by atoms with Crippen molar-refractivity contribution in [2.24, 2.45) is 0 Å². The fourth-order valence-electron chi connectivity index (χ4n) is 3.73. The Balaban J connectivity index is 1.68. The van der Waals surface area contributed by atoms with Gasteiger partial charge in [-0.15, -0.1) is 0 Å². The average molecular weight is 486 g/mol. The fraction of sp³-hybridized carbons (Fsp3) is 0.120. The number of aromatic nitrogens is 2. The van der Waals surface area contributed by atoms with Crippen molar-refractivity contribution in [1.29, 1.82) is 5.26 Å². The summed E-state index contributed by atoms with van der Waals surface area (Å²) in [5.41, 5.74) is 2.67. The van der Waals surface area contributed by atoms with E-state index < -0.39 is 10.8 Å². The predicted molar refractivity (Wildman–Crippen MR) is 134 cm³/mol. The predicted octanol–water partition coefficient (Wildman–Crippen LogP) is 4.51. The van der Waals surface area contributed by atoms with Crippen molar-refractivity contribution in [2.75, 3.05) is 11.1 Å². The van der Waals surface area contributed by atoms with Crippen LogP contribution < -0.4 is 10.9 Å². The van der Waals surface area contributed by atoms with Gasteiger partial charge < -0.3 is 5.32 Å². The summed E-state index contributed by atoms with van der Waals surface area (Å²) >= 11 is 1.09. The van der Waals surface area contributed by atoms with Crippen molar-refractivity contribution in [3.63, 3.8) is 0 Å². The minimum absolute atomic E-state index is 0.0196. The Hall–Kier alpha value is -4.49. The van der Waals surface area contributed by atoms with E-state index in [1.165, 1.54) is 16.7 Å². The molecule has 0 unspecified atom stereocenters. The zero-order chi connectivity index (χ0) is 25.1. The summed E-state index contributed by atoms with van der Waals surface area (Å²) in [6.45, 7) is 3.81. The Morgan fingerprint density at radius 3 is 2.54 bits per heavy atom. The van der Waals surface area contributed by atoms with Gasteiger partial charge in [-0.1, -0.05) is 42.1 Å². The molecule has 1 amide bonds. The molecular formula is C25H19N5O4S. The SMILES string of the molecule is Cc1cccc(C)c1-n1c(SCC(=O)Nc2ccc([N+](=O)[O-])cc2C#N)nc2ccccc2c1=O. The molecule has 0 radical (unpaired) electrons. The average Bonchev–Trinajstić information content (AvgIpc) is 2.84. The van der Waals surface area contributed by atoms with Crippen molar-refractivity contribution in [1.82, 2.24) is 9.55 Å². The van der Waals surface area contributed by atoms with E-state index in [1.54, 1.807) is 24.3 Å². The number of hydrogen-bond donors (Lipinski definition) is 1. The molecule has 174 valence electrons. The molecule has 3 aromatic carbocycles. The molecule has 0 bridgehead atoms. The number of hydrogen-bond acceptors (Lipinski definition) is 7. The van der Waals surface area contributed by atoms with Crippen molar-refractivity contribution in [3.8, 4) is 11.8 Å². The number of nitrogens with zero attached hydrogens (tertiary/aromatic N) is 4. The number of nitriles is 1. The lowest BCUT2D eigenvalue weighted by Crippen LogP contribution is -2.24.